The summed E-state index contributed by atoms with van der Waals surface area (Å²) < 4.78 is 16.3. The summed E-state index contributed by atoms with van der Waals surface area (Å²) in [6.07, 6.45) is 0. The smallest absolute Gasteiger partial charge is 0.338 e. The molecule has 33 heavy (non-hydrogen) atoms. The third kappa shape index (κ3) is 5.04. The maximum absolute atomic E-state index is 13.1. The fraction of sp³-hybridized carbons (Fsp3) is 0.182. The second-order valence-corrected chi connectivity index (χ2v) is 8.03. The molecule has 0 aliphatic carbocycles. The van der Waals surface area contributed by atoms with Gasteiger partial charge < -0.3 is 24.8 Å². The first-order valence-electron chi connectivity index (χ1n) is 9.86. The highest BCUT2D eigenvalue weighted by molar-refractivity contribution is 7.09. The molecular weight excluding hydrogens is 450 g/mol. The van der Waals surface area contributed by atoms with Gasteiger partial charge in [0.15, 0.2) is 18.1 Å². The Labute approximate surface area is 192 Å². The predicted octanol–water partition coefficient (Wildman–Crippen LogP) is 3.40. The third-order valence-corrected chi connectivity index (χ3v) is 5.68. The Morgan fingerprint density at radius 3 is 2.64 bits per heavy atom. The zero-order valence-corrected chi connectivity index (χ0v) is 18.1. The van der Waals surface area contributed by atoms with Crippen LogP contribution in [0, 0.1) is 10.1 Å². The van der Waals surface area contributed by atoms with Crippen LogP contribution in [0.5, 0.6) is 11.5 Å². The van der Waals surface area contributed by atoms with E-state index in [1.54, 1.807) is 18.2 Å². The van der Waals surface area contributed by atoms with Crippen LogP contribution in [0.2, 0.25) is 0 Å². The molecular formula is C22H19N3O7S. The molecule has 0 saturated carbocycles. The van der Waals surface area contributed by atoms with E-state index in [1.807, 2.05) is 17.5 Å². The fourth-order valence-electron chi connectivity index (χ4n) is 3.20. The first-order chi connectivity index (χ1) is 15.9. The highest BCUT2D eigenvalue weighted by atomic mass is 32.1. The number of benzene rings is 2. The van der Waals surface area contributed by atoms with E-state index in [2.05, 4.69) is 0 Å². The van der Waals surface area contributed by atoms with E-state index >= 15 is 0 Å². The zero-order chi connectivity index (χ0) is 23.4. The molecule has 2 aromatic carbocycles. The first-order valence-corrected chi connectivity index (χ1v) is 10.7. The van der Waals surface area contributed by atoms with Gasteiger partial charge in [-0.3, -0.25) is 14.9 Å². The lowest BCUT2D eigenvalue weighted by Gasteiger charge is -2.25. The number of hydrogen-bond acceptors (Lipinski definition) is 9. The lowest BCUT2D eigenvalue weighted by atomic mass is 10.2. The van der Waals surface area contributed by atoms with Crippen molar-refractivity contribution in [2.75, 3.05) is 30.5 Å². The molecule has 0 unspecified atom stereocenters. The molecule has 1 aliphatic rings. The van der Waals surface area contributed by atoms with E-state index in [0.29, 0.717) is 30.4 Å². The number of amides is 1. The number of nitro groups is 1. The van der Waals surface area contributed by atoms with Crippen LogP contribution in [-0.4, -0.2) is 36.6 Å². The Kier molecular flexibility index (Phi) is 6.41. The van der Waals surface area contributed by atoms with Gasteiger partial charge in [-0.1, -0.05) is 6.07 Å². The van der Waals surface area contributed by atoms with Gasteiger partial charge in [-0.15, -0.1) is 11.3 Å². The van der Waals surface area contributed by atoms with Crippen molar-refractivity contribution in [3.63, 3.8) is 0 Å². The van der Waals surface area contributed by atoms with Crippen LogP contribution in [0.3, 0.4) is 0 Å². The quantitative estimate of drug-likeness (QED) is 0.241. The van der Waals surface area contributed by atoms with E-state index in [1.165, 1.54) is 28.4 Å². The van der Waals surface area contributed by atoms with Crippen LogP contribution in [0.4, 0.5) is 17.1 Å². The first kappa shape index (κ1) is 22.1. The van der Waals surface area contributed by atoms with Gasteiger partial charge in [-0.05, 0) is 35.7 Å². The number of rotatable bonds is 7. The average Bonchev–Trinajstić information content (AvgIpc) is 3.34. The summed E-state index contributed by atoms with van der Waals surface area (Å²) in [5.74, 6) is -0.234. The van der Waals surface area contributed by atoms with Gasteiger partial charge in [0.25, 0.3) is 11.6 Å². The third-order valence-electron chi connectivity index (χ3n) is 4.82. The molecule has 1 aromatic heterocycles. The van der Waals surface area contributed by atoms with Gasteiger partial charge in [0.05, 0.1) is 17.0 Å². The maximum atomic E-state index is 13.1. The summed E-state index contributed by atoms with van der Waals surface area (Å²) in [4.78, 5) is 38.2. The minimum absolute atomic E-state index is 0.0756. The van der Waals surface area contributed by atoms with Gasteiger partial charge in [-0.25, -0.2) is 4.79 Å². The van der Waals surface area contributed by atoms with Crippen molar-refractivity contribution >= 4 is 40.3 Å². The molecule has 4 rings (SSSR count). The Balaban J connectivity index is 1.51. The van der Waals surface area contributed by atoms with E-state index in [-0.39, 0.29) is 17.8 Å². The summed E-state index contributed by atoms with van der Waals surface area (Å²) in [6.45, 7) is 0.558. The summed E-state index contributed by atoms with van der Waals surface area (Å²) in [5.41, 5.74) is 5.55. The molecule has 10 nitrogen and oxygen atoms in total. The Morgan fingerprint density at radius 2 is 1.91 bits per heavy atom. The summed E-state index contributed by atoms with van der Waals surface area (Å²) in [5, 5.41) is 13.0. The summed E-state index contributed by atoms with van der Waals surface area (Å²) in [7, 11) is 0. The molecule has 11 heteroatoms. The van der Waals surface area contributed by atoms with Crippen LogP contribution in [0.25, 0.3) is 0 Å². The average molecular weight is 469 g/mol. The standard InChI is InChI=1S/C22H19N3O7S/c23-17-5-3-14(10-18(17)25(28)29)22(27)32-13-21(26)24(12-16-2-1-9-33-16)15-4-6-19-20(11-15)31-8-7-30-19/h1-6,9-11H,7-8,12-13,23H2. The van der Waals surface area contributed by atoms with Crippen LogP contribution in [0.1, 0.15) is 15.2 Å². The molecule has 1 amide bonds. The minimum atomic E-state index is -0.871. The van der Waals surface area contributed by atoms with Crippen molar-refractivity contribution in [3.05, 3.63) is 74.5 Å². The van der Waals surface area contributed by atoms with Crippen LogP contribution in [-0.2, 0) is 16.1 Å². The lowest BCUT2D eigenvalue weighted by Crippen LogP contribution is -2.34. The number of nitrogen functional groups attached to an aromatic ring is 1. The number of fused-ring (bicyclic) bond motifs is 1. The van der Waals surface area contributed by atoms with Crippen molar-refractivity contribution in [2.45, 2.75) is 6.54 Å². The molecule has 170 valence electrons. The van der Waals surface area contributed by atoms with Crippen molar-refractivity contribution in [2.24, 2.45) is 0 Å². The van der Waals surface area contributed by atoms with Gasteiger partial charge in [0.1, 0.15) is 18.9 Å². The number of nitro benzene ring substituents is 1. The maximum Gasteiger partial charge on any atom is 0.338 e. The minimum Gasteiger partial charge on any atom is -0.486 e. The molecule has 0 fully saturated rings. The molecule has 1 aliphatic heterocycles. The van der Waals surface area contributed by atoms with Crippen LogP contribution >= 0.6 is 11.3 Å². The molecule has 2 N–H and O–H groups in total. The largest absolute Gasteiger partial charge is 0.486 e. The van der Waals surface area contributed by atoms with Gasteiger partial charge in [0.2, 0.25) is 0 Å². The second-order valence-electron chi connectivity index (χ2n) is 6.99. The highest BCUT2D eigenvalue weighted by Gasteiger charge is 2.23. The number of thiophene rings is 1. The Morgan fingerprint density at radius 1 is 1.12 bits per heavy atom. The number of anilines is 2. The van der Waals surface area contributed by atoms with E-state index < -0.39 is 29.1 Å². The van der Waals surface area contributed by atoms with E-state index in [4.69, 9.17) is 19.9 Å². The number of hydrogen-bond donors (Lipinski definition) is 1. The van der Waals surface area contributed by atoms with Gasteiger partial charge in [0, 0.05) is 22.7 Å². The van der Waals surface area contributed by atoms with Gasteiger partial charge in [-0.2, -0.15) is 0 Å². The monoisotopic (exact) mass is 469 g/mol. The Hall–Kier alpha value is -4.12. The number of esters is 1. The van der Waals surface area contributed by atoms with Gasteiger partial charge >= 0.3 is 5.97 Å². The van der Waals surface area contributed by atoms with Crippen LogP contribution < -0.4 is 20.1 Å². The van der Waals surface area contributed by atoms with Crippen molar-refractivity contribution < 1.29 is 28.7 Å². The normalized spacial score (nSPS) is 12.1. The highest BCUT2D eigenvalue weighted by Crippen LogP contribution is 2.35. The number of nitrogens with two attached hydrogens (primary N) is 1. The summed E-state index contributed by atoms with van der Waals surface area (Å²) in [6, 6.07) is 12.5. The Bertz CT molecular complexity index is 1200. The van der Waals surface area contributed by atoms with Crippen molar-refractivity contribution in [3.8, 4) is 11.5 Å². The lowest BCUT2D eigenvalue weighted by molar-refractivity contribution is -0.383. The van der Waals surface area contributed by atoms with E-state index in [0.717, 1.165) is 10.9 Å². The molecule has 0 bridgehead atoms. The zero-order valence-electron chi connectivity index (χ0n) is 17.3. The fourth-order valence-corrected chi connectivity index (χ4v) is 3.89. The SMILES string of the molecule is Nc1ccc(C(=O)OCC(=O)N(Cc2cccs2)c2ccc3c(c2)OCCO3)cc1[N+](=O)[O-]. The number of ether oxygens (including phenoxy) is 3. The topological polar surface area (TPSA) is 134 Å². The molecule has 0 spiro atoms. The summed E-state index contributed by atoms with van der Waals surface area (Å²) >= 11 is 1.49. The number of carbonyl (C=O) groups excluding carboxylic acids is 2. The second kappa shape index (κ2) is 9.57. The van der Waals surface area contributed by atoms with Crippen LogP contribution in [0.15, 0.2) is 53.9 Å². The molecule has 3 aromatic rings. The van der Waals surface area contributed by atoms with Crippen molar-refractivity contribution in [1.82, 2.24) is 0 Å². The number of carbonyl (C=O) groups is 2. The molecule has 2 heterocycles. The predicted molar refractivity (Wildman–Crippen MR) is 121 cm³/mol. The molecule has 0 atom stereocenters. The number of nitrogens with zero attached hydrogens (tertiary/aromatic N) is 2. The van der Waals surface area contributed by atoms with E-state index in [9.17, 15) is 19.7 Å². The molecule has 0 radical (unpaired) electrons. The molecule has 0 saturated heterocycles. The van der Waals surface area contributed by atoms with Crippen molar-refractivity contribution in [1.29, 1.82) is 0 Å².